The van der Waals surface area contributed by atoms with Crippen molar-refractivity contribution < 1.29 is 4.74 Å². The molecule has 4 fully saturated rings. The highest BCUT2D eigenvalue weighted by Crippen LogP contribution is 2.66. The van der Waals surface area contributed by atoms with Crippen molar-refractivity contribution in [1.82, 2.24) is 0 Å². The van der Waals surface area contributed by atoms with Crippen LogP contribution in [0.1, 0.15) is 77.6 Å². The Morgan fingerprint density at radius 1 is 0.857 bits per heavy atom. The van der Waals surface area contributed by atoms with Crippen LogP contribution in [0.3, 0.4) is 0 Å². The van der Waals surface area contributed by atoms with E-state index in [4.69, 9.17) is 4.74 Å². The molecule has 4 aliphatic rings. The van der Waals surface area contributed by atoms with Crippen molar-refractivity contribution in [3.8, 4) is 0 Å². The molecule has 6 atom stereocenters. The van der Waals surface area contributed by atoms with Gasteiger partial charge in [0.25, 0.3) is 0 Å². The normalized spacial score (nSPS) is 52.9. The van der Waals surface area contributed by atoms with E-state index in [-0.39, 0.29) is 0 Å². The first-order valence-corrected chi connectivity index (χ1v) is 9.69. The second-order valence-electron chi connectivity index (χ2n) is 9.15. The lowest BCUT2D eigenvalue weighted by Gasteiger charge is -2.60. The largest absolute Gasteiger partial charge is 0.384 e. The number of methoxy groups -OCH3 is 1. The molecule has 0 aromatic carbocycles. The fourth-order valence-corrected chi connectivity index (χ4v) is 7.61. The number of fused-ring (bicyclic) bond motifs is 5. The molecule has 0 bridgehead atoms. The SMILES string of the molecule is COC[C@]12CCCC[C@@H]1CC[C@H]1[C@@H]3CCC[C@@]3(C)CC[C@@H]12. The quantitative estimate of drug-likeness (QED) is 0.658. The van der Waals surface area contributed by atoms with Gasteiger partial charge in [0, 0.05) is 7.11 Å². The molecule has 0 heterocycles. The van der Waals surface area contributed by atoms with Crippen LogP contribution >= 0.6 is 0 Å². The minimum absolute atomic E-state index is 0.569. The van der Waals surface area contributed by atoms with Crippen molar-refractivity contribution in [3.05, 3.63) is 0 Å². The summed E-state index contributed by atoms with van der Waals surface area (Å²) in [6.45, 7) is 3.68. The van der Waals surface area contributed by atoms with Gasteiger partial charge >= 0.3 is 0 Å². The Morgan fingerprint density at radius 3 is 2.62 bits per heavy atom. The van der Waals surface area contributed by atoms with Crippen LogP contribution in [0, 0.1) is 34.5 Å². The Kier molecular flexibility index (Phi) is 3.64. The Morgan fingerprint density at radius 2 is 1.76 bits per heavy atom. The summed E-state index contributed by atoms with van der Waals surface area (Å²) in [5.41, 5.74) is 1.27. The molecule has 0 unspecified atom stereocenters. The maximum atomic E-state index is 5.83. The average molecular weight is 290 g/mol. The molecule has 4 saturated carbocycles. The summed E-state index contributed by atoms with van der Waals surface area (Å²) in [6.07, 6.45) is 16.5. The number of hydrogen-bond acceptors (Lipinski definition) is 1. The Hall–Kier alpha value is -0.0400. The second-order valence-corrected chi connectivity index (χ2v) is 9.15. The van der Waals surface area contributed by atoms with Crippen LogP contribution in [0.2, 0.25) is 0 Å². The minimum atomic E-state index is 0.569. The zero-order valence-corrected chi connectivity index (χ0v) is 14.2. The average Bonchev–Trinajstić information content (AvgIpc) is 2.89. The molecule has 0 aromatic rings. The first kappa shape index (κ1) is 14.5. The van der Waals surface area contributed by atoms with Gasteiger partial charge in [0.2, 0.25) is 0 Å². The topological polar surface area (TPSA) is 9.23 Å². The third-order valence-electron chi connectivity index (χ3n) is 8.48. The Bertz CT molecular complexity index is 387. The van der Waals surface area contributed by atoms with Crippen LogP contribution in [0.25, 0.3) is 0 Å². The van der Waals surface area contributed by atoms with Gasteiger partial charge in [0.05, 0.1) is 6.61 Å². The van der Waals surface area contributed by atoms with E-state index in [0.29, 0.717) is 10.8 Å². The van der Waals surface area contributed by atoms with Crippen LogP contribution in [0.15, 0.2) is 0 Å². The van der Waals surface area contributed by atoms with Crippen LogP contribution < -0.4 is 0 Å². The zero-order chi connectivity index (χ0) is 14.5. The molecular weight excluding hydrogens is 256 g/mol. The highest BCUT2D eigenvalue weighted by Gasteiger charge is 2.58. The first-order valence-electron chi connectivity index (χ1n) is 9.69. The predicted octanol–water partition coefficient (Wildman–Crippen LogP) is 5.44. The van der Waals surface area contributed by atoms with E-state index in [1.165, 1.54) is 64.2 Å². The van der Waals surface area contributed by atoms with E-state index in [1.54, 1.807) is 6.42 Å². The number of hydrogen-bond donors (Lipinski definition) is 0. The van der Waals surface area contributed by atoms with Gasteiger partial charge in [-0.3, -0.25) is 0 Å². The molecule has 120 valence electrons. The fourth-order valence-electron chi connectivity index (χ4n) is 7.61. The number of rotatable bonds is 2. The highest BCUT2D eigenvalue weighted by molar-refractivity contribution is 5.08. The van der Waals surface area contributed by atoms with Crippen molar-refractivity contribution in [1.29, 1.82) is 0 Å². The van der Waals surface area contributed by atoms with E-state index in [0.717, 1.165) is 30.3 Å². The molecule has 0 aliphatic heterocycles. The van der Waals surface area contributed by atoms with Gasteiger partial charge in [-0.05, 0) is 85.9 Å². The standard InChI is InChI=1S/C20H34O/c1-19-11-5-7-17(19)16-9-8-15-6-3-4-12-20(15,14-21-2)18(16)10-13-19/h15-18H,3-14H2,1-2H3/t15-,16+,17+,18+,19+,20-/m1/s1. The molecule has 1 nitrogen and oxygen atoms in total. The first-order chi connectivity index (χ1) is 10.2. The fraction of sp³-hybridized carbons (Fsp3) is 1.00. The third kappa shape index (κ3) is 2.06. The lowest BCUT2D eigenvalue weighted by atomic mass is 9.45. The van der Waals surface area contributed by atoms with Gasteiger partial charge < -0.3 is 4.74 Å². The van der Waals surface area contributed by atoms with Crippen LogP contribution in [-0.4, -0.2) is 13.7 Å². The summed E-state index contributed by atoms with van der Waals surface area (Å²) in [7, 11) is 1.95. The van der Waals surface area contributed by atoms with Crippen molar-refractivity contribution in [2.75, 3.05) is 13.7 Å². The molecule has 0 aromatic heterocycles. The van der Waals surface area contributed by atoms with E-state index < -0.39 is 0 Å². The van der Waals surface area contributed by atoms with Crippen molar-refractivity contribution >= 4 is 0 Å². The molecule has 21 heavy (non-hydrogen) atoms. The second kappa shape index (κ2) is 5.25. The maximum Gasteiger partial charge on any atom is 0.0524 e. The Balaban J connectivity index is 1.66. The summed E-state index contributed by atoms with van der Waals surface area (Å²) in [5.74, 6) is 4.06. The van der Waals surface area contributed by atoms with Gasteiger partial charge in [0.15, 0.2) is 0 Å². The highest BCUT2D eigenvalue weighted by atomic mass is 16.5. The molecule has 0 N–H and O–H groups in total. The summed E-state index contributed by atoms with van der Waals surface area (Å²) in [5, 5.41) is 0. The van der Waals surface area contributed by atoms with Gasteiger partial charge in [-0.2, -0.15) is 0 Å². The summed E-state index contributed by atoms with van der Waals surface area (Å²) >= 11 is 0. The molecule has 4 rings (SSSR count). The minimum Gasteiger partial charge on any atom is -0.384 e. The third-order valence-corrected chi connectivity index (χ3v) is 8.48. The summed E-state index contributed by atoms with van der Waals surface area (Å²) < 4.78 is 5.83. The smallest absolute Gasteiger partial charge is 0.0524 e. The Labute approximate surface area is 131 Å². The van der Waals surface area contributed by atoms with Crippen LogP contribution in [-0.2, 0) is 4.74 Å². The zero-order valence-electron chi connectivity index (χ0n) is 14.2. The van der Waals surface area contributed by atoms with E-state index >= 15 is 0 Å². The number of ether oxygens (including phenoxy) is 1. The van der Waals surface area contributed by atoms with Gasteiger partial charge in [-0.25, -0.2) is 0 Å². The molecule has 0 amide bonds. The van der Waals surface area contributed by atoms with Crippen LogP contribution in [0.5, 0.6) is 0 Å². The van der Waals surface area contributed by atoms with Crippen molar-refractivity contribution in [3.63, 3.8) is 0 Å². The maximum absolute atomic E-state index is 5.83. The van der Waals surface area contributed by atoms with E-state index in [9.17, 15) is 0 Å². The van der Waals surface area contributed by atoms with Crippen LogP contribution in [0.4, 0.5) is 0 Å². The van der Waals surface area contributed by atoms with E-state index in [1.807, 2.05) is 7.11 Å². The molecule has 0 saturated heterocycles. The molecule has 0 radical (unpaired) electrons. The van der Waals surface area contributed by atoms with Crippen molar-refractivity contribution in [2.45, 2.75) is 77.6 Å². The molecule has 1 heteroatoms. The summed E-state index contributed by atoms with van der Waals surface area (Å²) in [4.78, 5) is 0. The summed E-state index contributed by atoms with van der Waals surface area (Å²) in [6, 6.07) is 0. The monoisotopic (exact) mass is 290 g/mol. The predicted molar refractivity (Wildman–Crippen MR) is 87.2 cm³/mol. The van der Waals surface area contributed by atoms with Crippen molar-refractivity contribution in [2.24, 2.45) is 34.5 Å². The molecular formula is C20H34O. The van der Waals surface area contributed by atoms with Gasteiger partial charge in [-0.15, -0.1) is 0 Å². The lowest BCUT2D eigenvalue weighted by Crippen LogP contribution is -2.55. The van der Waals surface area contributed by atoms with Gasteiger partial charge in [-0.1, -0.05) is 26.2 Å². The van der Waals surface area contributed by atoms with E-state index in [2.05, 4.69) is 6.92 Å². The molecule has 0 spiro atoms. The van der Waals surface area contributed by atoms with Gasteiger partial charge in [0.1, 0.15) is 0 Å². The lowest BCUT2D eigenvalue weighted by molar-refractivity contribution is -0.140. The molecule has 4 aliphatic carbocycles.